The molecule has 0 aliphatic carbocycles. The fourth-order valence-corrected chi connectivity index (χ4v) is 5.46. The van der Waals surface area contributed by atoms with Crippen molar-refractivity contribution in [2.75, 3.05) is 52.4 Å². The van der Waals surface area contributed by atoms with Crippen LogP contribution in [-0.2, 0) is 52.7 Å². The maximum atomic E-state index is 13.1. The van der Waals surface area contributed by atoms with Crippen molar-refractivity contribution >= 4 is 70.9 Å². The number of amides is 11. The Labute approximate surface area is 372 Å². The van der Waals surface area contributed by atoms with Crippen LogP contribution in [0.5, 0.6) is 0 Å². The monoisotopic (exact) mass is 912 g/mol. The highest BCUT2D eigenvalue weighted by Crippen LogP contribution is 2.10. The van der Waals surface area contributed by atoms with Crippen LogP contribution in [0.25, 0.3) is 0 Å². The first-order valence-electron chi connectivity index (χ1n) is 21.0. The maximum absolute atomic E-state index is 13.1. The lowest BCUT2D eigenvalue weighted by atomic mass is 9.98. The first kappa shape index (κ1) is 57.4. The van der Waals surface area contributed by atoms with E-state index in [-0.39, 0.29) is 25.3 Å². The van der Waals surface area contributed by atoms with Gasteiger partial charge in [-0.25, -0.2) is 0 Å². The van der Waals surface area contributed by atoms with Crippen molar-refractivity contribution < 1.29 is 52.7 Å². The van der Waals surface area contributed by atoms with Crippen LogP contribution in [0.2, 0.25) is 0 Å². The van der Waals surface area contributed by atoms with Crippen LogP contribution in [-0.4, -0.2) is 147 Å². The predicted octanol–water partition coefficient (Wildman–Crippen LogP) is -6.60. The molecule has 64 heavy (non-hydrogen) atoms. The van der Waals surface area contributed by atoms with Crippen LogP contribution in [0.15, 0.2) is 4.99 Å². The van der Waals surface area contributed by atoms with Crippen LogP contribution < -0.4 is 76.1 Å². The van der Waals surface area contributed by atoms with Crippen LogP contribution >= 0.6 is 0 Å². The van der Waals surface area contributed by atoms with Crippen molar-refractivity contribution in [1.29, 1.82) is 0 Å². The van der Waals surface area contributed by atoms with Crippen LogP contribution in [0, 0.1) is 11.8 Å². The minimum atomic E-state index is -1.13. The quantitative estimate of drug-likeness (QED) is 0.0170. The van der Waals surface area contributed by atoms with Crippen molar-refractivity contribution in [3.63, 3.8) is 0 Å². The molecule has 0 saturated carbocycles. The zero-order chi connectivity index (χ0) is 48.8. The summed E-state index contributed by atoms with van der Waals surface area (Å²) in [6.45, 7) is 5.48. The molecule has 0 aromatic rings. The fourth-order valence-electron chi connectivity index (χ4n) is 5.46. The number of nitrogens with two attached hydrogens (primary N) is 4. The van der Waals surface area contributed by atoms with E-state index in [1.807, 2.05) is 0 Å². The third-order valence-corrected chi connectivity index (χ3v) is 9.50. The Morgan fingerprint density at radius 2 is 0.875 bits per heavy atom. The molecule has 0 radical (unpaired) electrons. The Bertz CT molecular complexity index is 1640. The van der Waals surface area contributed by atoms with Gasteiger partial charge in [-0.3, -0.25) is 57.7 Å². The first-order valence-corrected chi connectivity index (χ1v) is 21.0. The van der Waals surface area contributed by atoms with Gasteiger partial charge in [-0.15, -0.1) is 0 Å². The molecule has 18 N–H and O–H groups in total. The lowest BCUT2D eigenvalue weighted by Gasteiger charge is -2.25. The molecule has 0 heterocycles. The van der Waals surface area contributed by atoms with Gasteiger partial charge in [-0.2, -0.15) is 0 Å². The average Bonchev–Trinajstić information content (AvgIpc) is 3.25. The molecule has 0 bridgehead atoms. The standard InChI is InChI=1S/C38H69N15O11/c1-6-21(3)32(37(64)49-20-31(60)53-33(22(4)7-2)36(63)48-19-29(58)51-24(34(40)61)11-8-9-13-39)52-30(59)18-46-27(56)16-44-26(55)15-45-28(57)17-47-35(62)25(50-23(5)54)12-10-14-43-38(41)42/h21-22,24-25,32-33H,6-20,39H2,1-5H3,(H2,40,61)(H,44,55)(H,45,57)(H,46,56)(H,47,62)(H,48,63)(H,49,64)(H,50,54)(H,51,58)(H,52,59)(H,53,60)(H4,41,42,43)/t21-,22-,24-,25-,32-,33-/m0/s1. The molecule has 362 valence electrons. The number of guanidine groups is 1. The number of hydrogen-bond acceptors (Lipinski definition) is 13. The second kappa shape index (κ2) is 32.1. The van der Waals surface area contributed by atoms with Crippen molar-refractivity contribution in [2.24, 2.45) is 39.8 Å². The Kier molecular flexibility index (Phi) is 28.8. The van der Waals surface area contributed by atoms with Gasteiger partial charge in [0.25, 0.3) is 0 Å². The van der Waals surface area contributed by atoms with Gasteiger partial charge in [0.2, 0.25) is 65.0 Å². The van der Waals surface area contributed by atoms with E-state index in [4.69, 9.17) is 22.9 Å². The fraction of sp³-hybridized carbons (Fsp3) is 0.684. The Morgan fingerprint density at radius 3 is 1.28 bits per heavy atom. The highest BCUT2D eigenvalue weighted by atomic mass is 16.2. The molecule has 26 heteroatoms. The van der Waals surface area contributed by atoms with Crippen LogP contribution in [0.1, 0.15) is 79.6 Å². The normalized spacial score (nSPS) is 13.3. The lowest BCUT2D eigenvalue weighted by molar-refractivity contribution is -0.133. The van der Waals surface area contributed by atoms with Gasteiger partial charge in [0.05, 0.1) is 39.3 Å². The number of nitrogens with one attached hydrogen (secondary N) is 10. The molecular formula is C38H69N15O11. The van der Waals surface area contributed by atoms with E-state index in [1.54, 1.807) is 27.7 Å². The van der Waals surface area contributed by atoms with Gasteiger partial charge >= 0.3 is 0 Å². The summed E-state index contributed by atoms with van der Waals surface area (Å²) in [5, 5.41) is 24.0. The van der Waals surface area contributed by atoms with E-state index in [0.29, 0.717) is 38.6 Å². The van der Waals surface area contributed by atoms with Crippen LogP contribution in [0.4, 0.5) is 0 Å². The summed E-state index contributed by atoms with van der Waals surface area (Å²) in [6.07, 6.45) is 2.90. The number of hydrogen-bond donors (Lipinski definition) is 14. The Balaban J connectivity index is 4.94. The molecule has 0 aliphatic rings. The van der Waals surface area contributed by atoms with E-state index in [2.05, 4.69) is 58.2 Å². The summed E-state index contributed by atoms with van der Waals surface area (Å²) in [4.78, 5) is 140. The molecule has 0 aliphatic heterocycles. The number of rotatable bonds is 32. The number of carbonyl (C=O) groups is 11. The summed E-state index contributed by atoms with van der Waals surface area (Å²) in [6, 6.07) is -4.13. The van der Waals surface area contributed by atoms with E-state index >= 15 is 0 Å². The average molecular weight is 912 g/mol. The summed E-state index contributed by atoms with van der Waals surface area (Å²) in [5.41, 5.74) is 21.4. The minimum absolute atomic E-state index is 0.126. The van der Waals surface area contributed by atoms with E-state index in [9.17, 15) is 52.7 Å². The largest absolute Gasteiger partial charge is 0.370 e. The van der Waals surface area contributed by atoms with Crippen molar-refractivity contribution in [1.82, 2.24) is 53.2 Å². The van der Waals surface area contributed by atoms with Crippen molar-refractivity contribution in [3.05, 3.63) is 0 Å². The summed E-state index contributed by atoms with van der Waals surface area (Å²) >= 11 is 0. The topological polar surface area (TPSA) is 425 Å². The smallest absolute Gasteiger partial charge is 0.243 e. The highest BCUT2D eigenvalue weighted by Gasteiger charge is 2.29. The molecule has 0 aromatic heterocycles. The molecule has 11 amide bonds. The molecule has 26 nitrogen and oxygen atoms in total. The van der Waals surface area contributed by atoms with Gasteiger partial charge in [0.1, 0.15) is 24.2 Å². The van der Waals surface area contributed by atoms with Gasteiger partial charge < -0.3 is 76.1 Å². The number of nitrogens with zero attached hydrogens (tertiary/aromatic N) is 1. The minimum Gasteiger partial charge on any atom is -0.370 e. The Morgan fingerprint density at radius 1 is 0.484 bits per heavy atom. The van der Waals surface area contributed by atoms with Crippen molar-refractivity contribution in [2.45, 2.75) is 104 Å². The first-order chi connectivity index (χ1) is 30.1. The zero-order valence-corrected chi connectivity index (χ0v) is 37.3. The SMILES string of the molecule is CC[C@H](C)[C@H](NC(=O)CNC(=O)CNC(=O)CNC(=O)CNC(=O)[C@H](CCCN=C(N)N)NC(C)=O)C(=O)NCC(=O)N[C@H](C(=O)NCC(=O)N[C@@H](CCCCN)C(N)=O)[C@@H](C)CC. The van der Waals surface area contributed by atoms with Gasteiger partial charge in [-0.1, -0.05) is 40.5 Å². The summed E-state index contributed by atoms with van der Waals surface area (Å²) in [7, 11) is 0. The summed E-state index contributed by atoms with van der Waals surface area (Å²) in [5.74, 6) is -8.64. The molecular weight excluding hydrogens is 843 g/mol. The van der Waals surface area contributed by atoms with Crippen molar-refractivity contribution in [3.8, 4) is 0 Å². The third-order valence-electron chi connectivity index (χ3n) is 9.50. The molecule has 0 rings (SSSR count). The molecule has 0 saturated heterocycles. The van der Waals surface area contributed by atoms with Crippen LogP contribution in [0.3, 0.4) is 0 Å². The number of carbonyl (C=O) groups excluding carboxylic acids is 11. The predicted molar refractivity (Wildman–Crippen MR) is 232 cm³/mol. The lowest BCUT2D eigenvalue weighted by Crippen LogP contribution is -2.56. The molecule has 0 unspecified atom stereocenters. The second-order valence-corrected chi connectivity index (χ2v) is 14.9. The molecule has 6 atom stereocenters. The maximum Gasteiger partial charge on any atom is 0.243 e. The highest BCUT2D eigenvalue weighted by molar-refractivity contribution is 5.96. The van der Waals surface area contributed by atoms with E-state index in [0.717, 1.165) is 0 Å². The van der Waals surface area contributed by atoms with Gasteiger partial charge in [-0.05, 0) is 50.5 Å². The Hall–Kier alpha value is -6.60. The number of unbranched alkanes of at least 4 members (excludes halogenated alkanes) is 1. The molecule has 0 spiro atoms. The number of primary amides is 1. The van der Waals surface area contributed by atoms with E-state index < -0.39 is 140 Å². The second-order valence-electron chi connectivity index (χ2n) is 14.9. The molecule has 0 fully saturated rings. The van der Waals surface area contributed by atoms with E-state index in [1.165, 1.54) is 6.92 Å². The third kappa shape index (κ3) is 26.0. The van der Waals surface area contributed by atoms with Gasteiger partial charge in [0, 0.05) is 13.5 Å². The summed E-state index contributed by atoms with van der Waals surface area (Å²) < 4.78 is 0. The molecule has 0 aromatic carbocycles. The number of aliphatic imine (C=N–C) groups is 1. The zero-order valence-electron chi connectivity index (χ0n) is 37.3. The van der Waals surface area contributed by atoms with Gasteiger partial charge in [0.15, 0.2) is 5.96 Å².